The van der Waals surface area contributed by atoms with E-state index in [-0.39, 0.29) is 29.1 Å². The predicted molar refractivity (Wildman–Crippen MR) is 145 cm³/mol. The molecule has 1 N–H and O–H groups in total. The molecule has 39 heavy (non-hydrogen) atoms. The smallest absolute Gasteiger partial charge is 0.410 e. The van der Waals surface area contributed by atoms with Gasteiger partial charge in [-0.2, -0.15) is 0 Å². The largest absolute Gasteiger partial charge is 0.508 e. The lowest BCUT2D eigenvalue weighted by Crippen LogP contribution is -2.41. The van der Waals surface area contributed by atoms with Crippen LogP contribution < -0.4 is 0 Å². The number of ether oxygens (including phenoxy) is 1. The van der Waals surface area contributed by atoms with E-state index < -0.39 is 17.2 Å². The van der Waals surface area contributed by atoms with Crippen LogP contribution in [0.15, 0.2) is 54.6 Å². The molecule has 0 spiro atoms. The SMILES string of the molecule is CC(C)(C)OC(=O)N1CCC(c2cc(F)c(C3=C(c4ccc(F)cc4)CCc4cc(O)ccc43)c(F)c2)CC1. The number of rotatable bonds is 3. The Morgan fingerprint density at radius 3 is 2.18 bits per heavy atom. The number of carbonyl (C=O) groups excluding carboxylic acids is 1. The van der Waals surface area contributed by atoms with Gasteiger partial charge in [0.25, 0.3) is 0 Å². The molecule has 1 aliphatic heterocycles. The molecule has 2 aliphatic rings. The zero-order valence-corrected chi connectivity index (χ0v) is 22.4. The van der Waals surface area contributed by atoms with Crippen LogP contribution in [0.2, 0.25) is 0 Å². The summed E-state index contributed by atoms with van der Waals surface area (Å²) in [5.41, 5.74) is 3.13. The summed E-state index contributed by atoms with van der Waals surface area (Å²) in [4.78, 5) is 14.1. The molecule has 0 saturated carbocycles. The van der Waals surface area contributed by atoms with Crippen LogP contribution in [0.4, 0.5) is 18.0 Å². The molecule has 1 aliphatic carbocycles. The van der Waals surface area contributed by atoms with Crippen LogP contribution >= 0.6 is 0 Å². The number of phenols is 1. The number of benzene rings is 3. The molecule has 7 heteroatoms. The van der Waals surface area contributed by atoms with E-state index >= 15 is 8.78 Å². The van der Waals surface area contributed by atoms with Gasteiger partial charge in [-0.05, 0) is 122 Å². The molecule has 1 fully saturated rings. The van der Waals surface area contributed by atoms with Gasteiger partial charge in [0.15, 0.2) is 0 Å². The third kappa shape index (κ3) is 5.68. The molecule has 1 saturated heterocycles. The van der Waals surface area contributed by atoms with Crippen LogP contribution in [0, 0.1) is 17.5 Å². The minimum atomic E-state index is -0.671. The van der Waals surface area contributed by atoms with Gasteiger partial charge in [-0.15, -0.1) is 0 Å². The van der Waals surface area contributed by atoms with Crippen molar-refractivity contribution in [1.29, 1.82) is 0 Å². The Hall–Kier alpha value is -3.74. The van der Waals surface area contributed by atoms with Gasteiger partial charge in [-0.25, -0.2) is 18.0 Å². The van der Waals surface area contributed by atoms with E-state index in [0.717, 1.165) is 11.1 Å². The van der Waals surface area contributed by atoms with Crippen molar-refractivity contribution in [2.75, 3.05) is 13.1 Å². The fourth-order valence-electron chi connectivity index (χ4n) is 5.59. The maximum Gasteiger partial charge on any atom is 0.410 e. The standard InChI is InChI=1S/C32H32F3NO3/c1-32(2,3)39-31(38)36-14-12-19(13-15-36)22-17-27(34)30(28(35)18-22)29-25(20-4-7-23(33)8-5-20)10-6-21-16-24(37)9-11-26(21)29/h4-5,7-9,11,16-19,37H,6,10,12-15H2,1-3H3. The number of halogens is 3. The van der Waals surface area contributed by atoms with Crippen molar-refractivity contribution < 1.29 is 27.8 Å². The number of amides is 1. The van der Waals surface area contributed by atoms with Crippen molar-refractivity contribution in [3.05, 3.63) is 99.9 Å². The molecule has 0 bridgehead atoms. The van der Waals surface area contributed by atoms with Gasteiger partial charge in [0.1, 0.15) is 28.8 Å². The van der Waals surface area contributed by atoms with Crippen LogP contribution in [0.1, 0.15) is 73.8 Å². The zero-order valence-electron chi connectivity index (χ0n) is 22.4. The van der Waals surface area contributed by atoms with E-state index in [1.54, 1.807) is 29.2 Å². The minimum absolute atomic E-state index is 0.0901. The number of hydrogen-bond acceptors (Lipinski definition) is 3. The number of aryl methyl sites for hydroxylation is 1. The summed E-state index contributed by atoms with van der Waals surface area (Å²) in [6.45, 7) is 6.34. The maximum atomic E-state index is 15.9. The molecule has 3 aromatic rings. The van der Waals surface area contributed by atoms with Crippen molar-refractivity contribution in [2.45, 2.75) is 58.0 Å². The van der Waals surface area contributed by atoms with Gasteiger partial charge >= 0.3 is 6.09 Å². The number of aromatic hydroxyl groups is 1. The molecule has 0 unspecified atom stereocenters. The monoisotopic (exact) mass is 535 g/mol. The number of nitrogens with zero attached hydrogens (tertiary/aromatic N) is 1. The number of fused-ring (bicyclic) bond motifs is 1. The first kappa shape index (κ1) is 26.9. The van der Waals surface area contributed by atoms with Crippen molar-refractivity contribution in [3.8, 4) is 5.75 Å². The topological polar surface area (TPSA) is 49.8 Å². The first-order valence-corrected chi connectivity index (χ1v) is 13.3. The second-order valence-electron chi connectivity index (χ2n) is 11.3. The van der Waals surface area contributed by atoms with Crippen molar-refractivity contribution in [2.24, 2.45) is 0 Å². The van der Waals surface area contributed by atoms with E-state index in [4.69, 9.17) is 4.74 Å². The van der Waals surface area contributed by atoms with E-state index in [9.17, 15) is 14.3 Å². The Kier molecular flexibility index (Phi) is 7.19. The fraction of sp³-hybridized carbons (Fsp3) is 0.344. The van der Waals surface area contributed by atoms with Gasteiger partial charge in [0, 0.05) is 13.1 Å². The number of phenolic OH excluding ortho intramolecular Hbond substituents is 1. The molecule has 1 amide bonds. The molecule has 204 valence electrons. The Morgan fingerprint density at radius 2 is 1.56 bits per heavy atom. The summed E-state index contributed by atoms with van der Waals surface area (Å²) < 4.78 is 50.9. The first-order valence-electron chi connectivity index (χ1n) is 13.3. The minimum Gasteiger partial charge on any atom is -0.508 e. The highest BCUT2D eigenvalue weighted by molar-refractivity contribution is 6.01. The van der Waals surface area contributed by atoms with Crippen molar-refractivity contribution >= 4 is 17.2 Å². The van der Waals surface area contributed by atoms with Crippen LogP contribution in [-0.4, -0.2) is 34.8 Å². The van der Waals surface area contributed by atoms with Gasteiger partial charge in [-0.3, -0.25) is 0 Å². The highest BCUT2D eigenvalue weighted by Gasteiger charge is 2.30. The lowest BCUT2D eigenvalue weighted by Gasteiger charge is -2.33. The van der Waals surface area contributed by atoms with E-state index in [1.807, 2.05) is 20.8 Å². The molecule has 1 heterocycles. The van der Waals surface area contributed by atoms with Crippen LogP contribution in [0.25, 0.3) is 11.1 Å². The van der Waals surface area contributed by atoms with Crippen LogP contribution in [-0.2, 0) is 11.2 Å². The number of piperidine rings is 1. The summed E-state index contributed by atoms with van der Waals surface area (Å²) >= 11 is 0. The van der Waals surface area contributed by atoms with E-state index in [2.05, 4.69) is 0 Å². The van der Waals surface area contributed by atoms with Gasteiger partial charge < -0.3 is 14.7 Å². The normalized spacial score (nSPS) is 16.3. The molecule has 0 radical (unpaired) electrons. The third-order valence-electron chi connectivity index (χ3n) is 7.43. The fourth-order valence-corrected chi connectivity index (χ4v) is 5.59. The summed E-state index contributed by atoms with van der Waals surface area (Å²) in [5, 5.41) is 10.0. The summed E-state index contributed by atoms with van der Waals surface area (Å²) in [6, 6.07) is 13.5. The predicted octanol–water partition coefficient (Wildman–Crippen LogP) is 7.83. The number of allylic oxidation sites excluding steroid dienone is 1. The third-order valence-corrected chi connectivity index (χ3v) is 7.43. The second-order valence-corrected chi connectivity index (χ2v) is 11.3. The molecular weight excluding hydrogens is 503 g/mol. The summed E-state index contributed by atoms with van der Waals surface area (Å²) in [6.07, 6.45) is 1.83. The molecule has 4 nitrogen and oxygen atoms in total. The lowest BCUT2D eigenvalue weighted by molar-refractivity contribution is 0.0204. The van der Waals surface area contributed by atoms with E-state index in [1.165, 1.54) is 30.3 Å². The van der Waals surface area contributed by atoms with Gasteiger partial charge in [0.05, 0.1) is 5.56 Å². The molecule has 0 aromatic heterocycles. The maximum absolute atomic E-state index is 15.9. The average molecular weight is 536 g/mol. The number of likely N-dealkylation sites (tertiary alicyclic amines) is 1. The zero-order chi connectivity index (χ0) is 27.9. The van der Waals surface area contributed by atoms with Gasteiger partial charge in [0.2, 0.25) is 0 Å². The summed E-state index contributed by atoms with van der Waals surface area (Å²) in [7, 11) is 0. The van der Waals surface area contributed by atoms with Crippen molar-refractivity contribution in [3.63, 3.8) is 0 Å². The number of carbonyl (C=O) groups is 1. The molecular formula is C32H32F3NO3. The number of hydrogen-bond donors (Lipinski definition) is 1. The van der Waals surface area contributed by atoms with Crippen molar-refractivity contribution in [1.82, 2.24) is 4.90 Å². The summed E-state index contributed by atoms with van der Waals surface area (Å²) in [5.74, 6) is -1.73. The lowest BCUT2D eigenvalue weighted by atomic mass is 9.78. The highest BCUT2D eigenvalue weighted by atomic mass is 19.1. The Balaban J connectivity index is 1.49. The second kappa shape index (κ2) is 10.4. The highest BCUT2D eigenvalue weighted by Crippen LogP contribution is 2.44. The molecule has 0 atom stereocenters. The van der Waals surface area contributed by atoms with E-state index in [0.29, 0.717) is 61.0 Å². The molecule has 3 aromatic carbocycles. The Morgan fingerprint density at radius 1 is 0.923 bits per heavy atom. The average Bonchev–Trinajstić information content (AvgIpc) is 2.88. The Labute approximate surface area is 226 Å². The van der Waals surface area contributed by atoms with Crippen LogP contribution in [0.3, 0.4) is 0 Å². The quantitative estimate of drug-likeness (QED) is 0.372. The van der Waals surface area contributed by atoms with Crippen LogP contribution in [0.5, 0.6) is 5.75 Å². The van der Waals surface area contributed by atoms with Gasteiger partial charge in [-0.1, -0.05) is 18.2 Å². The molecule has 5 rings (SSSR count). The Bertz CT molecular complexity index is 1410. The first-order chi connectivity index (χ1) is 18.5.